The highest BCUT2D eigenvalue weighted by Gasteiger charge is 2.39. The van der Waals surface area contributed by atoms with Crippen molar-refractivity contribution in [2.45, 2.75) is 19.5 Å². The smallest absolute Gasteiger partial charge is 0.262 e. The second kappa shape index (κ2) is 6.73. The average Bonchev–Trinajstić information content (AvgIpc) is 2.63. The number of nitrogens with zero attached hydrogens (tertiary/aromatic N) is 3. The highest BCUT2D eigenvalue weighted by molar-refractivity contribution is 6.34. The van der Waals surface area contributed by atoms with Crippen LogP contribution in [-0.4, -0.2) is 49.7 Å². The maximum absolute atomic E-state index is 13.3. The molecule has 6 heteroatoms. The van der Waals surface area contributed by atoms with Crippen molar-refractivity contribution in [3.63, 3.8) is 0 Å². The Bertz CT molecular complexity index is 874. The van der Waals surface area contributed by atoms with E-state index in [0.717, 1.165) is 43.2 Å². The standard InChI is InChI=1S/C21H25ClN4O/c1-21(2)23-18-14-15(25-12-10-24(3)11-13-25)8-9-16(18)20(27)26(21)19-7-5-4-6-17(19)22/h4-9,14,23H,10-13H2,1-3H3. The van der Waals surface area contributed by atoms with Crippen LogP contribution in [0.15, 0.2) is 42.5 Å². The number of halogens is 1. The fourth-order valence-corrected chi connectivity index (χ4v) is 4.11. The lowest BCUT2D eigenvalue weighted by Crippen LogP contribution is -2.56. The van der Waals surface area contributed by atoms with Gasteiger partial charge in [-0.3, -0.25) is 9.69 Å². The van der Waals surface area contributed by atoms with E-state index in [1.807, 2.05) is 50.2 Å². The van der Waals surface area contributed by atoms with Gasteiger partial charge < -0.3 is 15.1 Å². The van der Waals surface area contributed by atoms with E-state index in [9.17, 15) is 4.79 Å². The number of benzene rings is 2. The van der Waals surface area contributed by atoms with Crippen molar-refractivity contribution in [2.75, 3.05) is 48.3 Å². The number of likely N-dealkylation sites (N-methyl/N-ethyl adjacent to an activating group) is 1. The van der Waals surface area contributed by atoms with Crippen LogP contribution in [0.25, 0.3) is 0 Å². The summed E-state index contributed by atoms with van der Waals surface area (Å²) in [5.74, 6) is -0.0354. The van der Waals surface area contributed by atoms with Crippen LogP contribution in [0.1, 0.15) is 24.2 Å². The molecular formula is C21H25ClN4O. The zero-order chi connectivity index (χ0) is 19.2. The third-order valence-electron chi connectivity index (χ3n) is 5.40. The minimum atomic E-state index is -0.587. The average molecular weight is 385 g/mol. The van der Waals surface area contributed by atoms with Gasteiger partial charge in [0.05, 0.1) is 22.0 Å². The fourth-order valence-electron chi connectivity index (χ4n) is 3.89. The van der Waals surface area contributed by atoms with Crippen molar-refractivity contribution < 1.29 is 4.79 Å². The molecular weight excluding hydrogens is 360 g/mol. The SMILES string of the molecule is CN1CCN(c2ccc3c(c2)NC(C)(C)N(c2ccccc2Cl)C3=O)CC1. The van der Waals surface area contributed by atoms with Gasteiger partial charge in [0.1, 0.15) is 5.66 Å². The minimum Gasteiger partial charge on any atom is -0.369 e. The first kappa shape index (κ1) is 18.1. The van der Waals surface area contributed by atoms with E-state index in [4.69, 9.17) is 11.6 Å². The van der Waals surface area contributed by atoms with Crippen molar-refractivity contribution in [3.8, 4) is 0 Å². The Hall–Kier alpha value is -2.24. The molecule has 0 spiro atoms. The predicted octanol–water partition coefficient (Wildman–Crippen LogP) is 3.90. The first-order chi connectivity index (χ1) is 12.9. The van der Waals surface area contributed by atoms with Gasteiger partial charge in [-0.2, -0.15) is 0 Å². The molecule has 2 aliphatic rings. The van der Waals surface area contributed by atoms with E-state index in [1.54, 1.807) is 4.90 Å². The molecule has 2 aromatic rings. The van der Waals surface area contributed by atoms with Crippen LogP contribution < -0.4 is 15.1 Å². The lowest BCUT2D eigenvalue weighted by atomic mass is 10.00. The van der Waals surface area contributed by atoms with Crippen LogP contribution in [0, 0.1) is 0 Å². The second-order valence-electron chi connectivity index (χ2n) is 7.80. The second-order valence-corrected chi connectivity index (χ2v) is 8.20. The highest BCUT2D eigenvalue weighted by atomic mass is 35.5. The lowest BCUT2D eigenvalue weighted by molar-refractivity contribution is 0.0961. The highest BCUT2D eigenvalue weighted by Crippen LogP contribution is 2.39. The molecule has 27 heavy (non-hydrogen) atoms. The molecule has 0 aliphatic carbocycles. The number of anilines is 3. The molecule has 0 bridgehead atoms. The number of piperazine rings is 1. The number of carbonyl (C=O) groups is 1. The molecule has 1 fully saturated rings. The summed E-state index contributed by atoms with van der Waals surface area (Å²) in [6, 6.07) is 13.5. The van der Waals surface area contributed by atoms with Crippen LogP contribution in [0.4, 0.5) is 17.1 Å². The topological polar surface area (TPSA) is 38.8 Å². The molecule has 1 amide bonds. The Morgan fingerprint density at radius 3 is 2.44 bits per heavy atom. The van der Waals surface area contributed by atoms with Crippen LogP contribution >= 0.6 is 11.6 Å². The molecule has 2 aromatic carbocycles. The largest absolute Gasteiger partial charge is 0.369 e. The Morgan fingerprint density at radius 1 is 1.04 bits per heavy atom. The quantitative estimate of drug-likeness (QED) is 0.852. The number of amides is 1. The van der Waals surface area contributed by atoms with Gasteiger partial charge in [0.25, 0.3) is 5.91 Å². The van der Waals surface area contributed by atoms with Gasteiger partial charge in [-0.25, -0.2) is 0 Å². The van der Waals surface area contributed by atoms with Crippen molar-refractivity contribution >= 4 is 34.6 Å². The van der Waals surface area contributed by atoms with Gasteiger partial charge in [-0.15, -0.1) is 0 Å². The molecule has 1 N–H and O–H groups in total. The van der Waals surface area contributed by atoms with E-state index in [2.05, 4.69) is 28.2 Å². The van der Waals surface area contributed by atoms with Crippen molar-refractivity contribution in [1.29, 1.82) is 0 Å². The summed E-state index contributed by atoms with van der Waals surface area (Å²) in [7, 11) is 2.15. The van der Waals surface area contributed by atoms with E-state index in [0.29, 0.717) is 10.6 Å². The molecule has 2 heterocycles. The zero-order valence-electron chi connectivity index (χ0n) is 16.0. The van der Waals surface area contributed by atoms with Crippen molar-refractivity contribution in [2.24, 2.45) is 0 Å². The number of carbonyl (C=O) groups excluding carboxylic acids is 1. The summed E-state index contributed by atoms with van der Waals surface area (Å²) in [5.41, 5.74) is 2.84. The molecule has 1 saturated heterocycles. The molecule has 0 radical (unpaired) electrons. The van der Waals surface area contributed by atoms with Gasteiger partial charge >= 0.3 is 0 Å². The van der Waals surface area contributed by atoms with E-state index < -0.39 is 5.66 Å². The minimum absolute atomic E-state index is 0.0354. The maximum atomic E-state index is 13.3. The van der Waals surface area contributed by atoms with Gasteiger partial charge in [0, 0.05) is 31.9 Å². The summed E-state index contributed by atoms with van der Waals surface area (Å²) in [6.45, 7) is 8.10. The monoisotopic (exact) mass is 384 g/mol. The summed E-state index contributed by atoms with van der Waals surface area (Å²) < 4.78 is 0. The Labute approximate surface area is 165 Å². The van der Waals surface area contributed by atoms with Gasteiger partial charge in [0.15, 0.2) is 0 Å². The number of rotatable bonds is 2. The third kappa shape index (κ3) is 3.26. The number of nitrogens with one attached hydrogen (secondary N) is 1. The predicted molar refractivity (Wildman–Crippen MR) is 112 cm³/mol. The molecule has 0 atom stereocenters. The van der Waals surface area contributed by atoms with E-state index in [1.165, 1.54) is 0 Å². The van der Waals surface area contributed by atoms with Crippen molar-refractivity contribution in [1.82, 2.24) is 4.90 Å². The fraction of sp³-hybridized carbons (Fsp3) is 0.381. The molecule has 4 rings (SSSR count). The summed E-state index contributed by atoms with van der Waals surface area (Å²) in [6.07, 6.45) is 0. The molecule has 0 unspecified atom stereocenters. The number of hydrogen-bond acceptors (Lipinski definition) is 4. The Morgan fingerprint density at radius 2 is 1.74 bits per heavy atom. The summed E-state index contributed by atoms with van der Waals surface area (Å²) in [4.78, 5) is 19.8. The number of para-hydroxylation sites is 1. The van der Waals surface area contributed by atoms with Gasteiger partial charge in [-0.05, 0) is 51.2 Å². The number of hydrogen-bond donors (Lipinski definition) is 1. The zero-order valence-corrected chi connectivity index (χ0v) is 16.8. The van der Waals surface area contributed by atoms with Crippen LogP contribution in [0.5, 0.6) is 0 Å². The van der Waals surface area contributed by atoms with Crippen LogP contribution in [0.2, 0.25) is 5.02 Å². The van der Waals surface area contributed by atoms with Crippen LogP contribution in [-0.2, 0) is 0 Å². The normalized spacial score (nSPS) is 19.6. The molecule has 5 nitrogen and oxygen atoms in total. The van der Waals surface area contributed by atoms with E-state index in [-0.39, 0.29) is 5.91 Å². The van der Waals surface area contributed by atoms with Crippen molar-refractivity contribution in [3.05, 3.63) is 53.1 Å². The van der Waals surface area contributed by atoms with Gasteiger partial charge in [-0.1, -0.05) is 23.7 Å². The molecule has 0 aromatic heterocycles. The molecule has 2 aliphatic heterocycles. The molecule has 0 saturated carbocycles. The Balaban J connectivity index is 1.69. The van der Waals surface area contributed by atoms with E-state index >= 15 is 0 Å². The first-order valence-corrected chi connectivity index (χ1v) is 9.69. The van der Waals surface area contributed by atoms with Crippen LogP contribution in [0.3, 0.4) is 0 Å². The summed E-state index contributed by atoms with van der Waals surface area (Å²) >= 11 is 6.38. The molecule has 142 valence electrons. The first-order valence-electron chi connectivity index (χ1n) is 9.32. The Kier molecular flexibility index (Phi) is 4.52. The number of fused-ring (bicyclic) bond motifs is 1. The summed E-state index contributed by atoms with van der Waals surface area (Å²) in [5, 5.41) is 4.11. The maximum Gasteiger partial charge on any atom is 0.262 e. The lowest BCUT2D eigenvalue weighted by Gasteiger charge is -2.44. The third-order valence-corrected chi connectivity index (χ3v) is 5.72. The van der Waals surface area contributed by atoms with Gasteiger partial charge in [0.2, 0.25) is 0 Å².